The number of allylic oxidation sites excluding steroid dienone is 2. The second-order valence-electron chi connectivity index (χ2n) is 6.79. The van der Waals surface area contributed by atoms with Gasteiger partial charge >= 0.3 is 0 Å². The third-order valence-electron chi connectivity index (χ3n) is 5.08. The van der Waals surface area contributed by atoms with Crippen LogP contribution in [0.1, 0.15) is 39.0 Å². The second-order valence-corrected chi connectivity index (χ2v) is 6.79. The summed E-state index contributed by atoms with van der Waals surface area (Å²) in [6, 6.07) is -0.141. The third kappa shape index (κ3) is 4.32. The molecular weight excluding hydrogens is 278 g/mol. The highest BCUT2D eigenvalue weighted by Gasteiger charge is 2.31. The summed E-state index contributed by atoms with van der Waals surface area (Å²) in [5.41, 5.74) is 5.40. The van der Waals surface area contributed by atoms with Gasteiger partial charge in [0, 0.05) is 19.6 Å². The van der Waals surface area contributed by atoms with Gasteiger partial charge in [-0.1, -0.05) is 12.2 Å². The molecule has 1 aliphatic heterocycles. The van der Waals surface area contributed by atoms with Crippen LogP contribution < -0.4 is 5.73 Å². The SMILES string of the molecule is CC(C(=O)N1CCCC(C(N)=O)C1)N(C)CC1CC=CCC1. The average molecular weight is 307 g/mol. The number of primary amides is 1. The minimum atomic E-state index is -0.285. The summed E-state index contributed by atoms with van der Waals surface area (Å²) < 4.78 is 0. The van der Waals surface area contributed by atoms with E-state index in [-0.39, 0.29) is 23.8 Å². The Morgan fingerprint density at radius 3 is 2.77 bits per heavy atom. The van der Waals surface area contributed by atoms with Gasteiger partial charge in [0.1, 0.15) is 0 Å². The van der Waals surface area contributed by atoms with Crippen LogP contribution in [0.15, 0.2) is 12.2 Å². The van der Waals surface area contributed by atoms with Gasteiger partial charge in [-0.05, 0) is 52.0 Å². The van der Waals surface area contributed by atoms with Gasteiger partial charge in [-0.15, -0.1) is 0 Å². The lowest BCUT2D eigenvalue weighted by molar-refractivity contribution is -0.139. The number of carbonyl (C=O) groups is 2. The number of piperidine rings is 1. The molecule has 0 bridgehead atoms. The molecule has 1 saturated heterocycles. The van der Waals surface area contributed by atoms with Gasteiger partial charge in [-0.3, -0.25) is 14.5 Å². The van der Waals surface area contributed by atoms with Crippen molar-refractivity contribution in [2.45, 2.75) is 45.1 Å². The molecule has 0 aromatic rings. The Kier molecular flexibility index (Phi) is 6.00. The van der Waals surface area contributed by atoms with Gasteiger partial charge in [0.2, 0.25) is 11.8 Å². The van der Waals surface area contributed by atoms with Crippen LogP contribution >= 0.6 is 0 Å². The Hall–Kier alpha value is -1.36. The van der Waals surface area contributed by atoms with Gasteiger partial charge < -0.3 is 10.6 Å². The van der Waals surface area contributed by atoms with Crippen LogP contribution in [0.3, 0.4) is 0 Å². The van der Waals surface area contributed by atoms with E-state index in [1.54, 1.807) is 0 Å². The zero-order chi connectivity index (χ0) is 16.1. The van der Waals surface area contributed by atoms with Crippen molar-refractivity contribution in [3.8, 4) is 0 Å². The van der Waals surface area contributed by atoms with Crippen LogP contribution in [0.5, 0.6) is 0 Å². The van der Waals surface area contributed by atoms with E-state index in [0.29, 0.717) is 12.5 Å². The molecule has 1 aliphatic carbocycles. The normalized spacial score (nSPS) is 27.0. The highest BCUT2D eigenvalue weighted by molar-refractivity contribution is 5.83. The summed E-state index contributed by atoms with van der Waals surface area (Å²) in [6.07, 6.45) is 9.61. The molecule has 22 heavy (non-hydrogen) atoms. The van der Waals surface area contributed by atoms with E-state index in [9.17, 15) is 9.59 Å². The first-order chi connectivity index (χ1) is 10.5. The number of likely N-dealkylation sites (tertiary alicyclic amines) is 1. The molecule has 3 unspecified atom stereocenters. The van der Waals surface area contributed by atoms with Crippen molar-refractivity contribution < 1.29 is 9.59 Å². The van der Waals surface area contributed by atoms with Crippen LogP contribution in [0.25, 0.3) is 0 Å². The van der Waals surface area contributed by atoms with E-state index < -0.39 is 0 Å². The predicted molar refractivity (Wildman–Crippen MR) is 87.1 cm³/mol. The minimum absolute atomic E-state index is 0.125. The molecule has 2 aliphatic rings. The highest BCUT2D eigenvalue weighted by Crippen LogP contribution is 2.21. The van der Waals surface area contributed by atoms with Gasteiger partial charge in [0.05, 0.1) is 12.0 Å². The number of amides is 2. The van der Waals surface area contributed by atoms with Crippen molar-refractivity contribution >= 4 is 11.8 Å². The first kappa shape index (κ1) is 17.0. The molecular formula is C17H29N3O2. The van der Waals surface area contributed by atoms with Crippen molar-refractivity contribution in [1.29, 1.82) is 0 Å². The molecule has 1 heterocycles. The average Bonchev–Trinajstić information content (AvgIpc) is 2.54. The Morgan fingerprint density at radius 1 is 1.36 bits per heavy atom. The molecule has 0 spiro atoms. The lowest BCUT2D eigenvalue weighted by Gasteiger charge is -2.36. The largest absolute Gasteiger partial charge is 0.369 e. The molecule has 124 valence electrons. The van der Waals surface area contributed by atoms with Crippen molar-refractivity contribution in [1.82, 2.24) is 9.80 Å². The Labute approximate surface area is 133 Å². The fourth-order valence-electron chi connectivity index (χ4n) is 3.45. The number of likely N-dealkylation sites (N-methyl/N-ethyl adjacent to an activating group) is 1. The first-order valence-corrected chi connectivity index (χ1v) is 8.42. The number of hydrogen-bond acceptors (Lipinski definition) is 3. The quantitative estimate of drug-likeness (QED) is 0.781. The summed E-state index contributed by atoms with van der Waals surface area (Å²) in [6.45, 7) is 4.14. The zero-order valence-corrected chi connectivity index (χ0v) is 13.8. The topological polar surface area (TPSA) is 66.6 Å². The monoisotopic (exact) mass is 307 g/mol. The van der Waals surface area contributed by atoms with E-state index in [2.05, 4.69) is 17.1 Å². The number of carbonyl (C=O) groups excluding carboxylic acids is 2. The Morgan fingerprint density at radius 2 is 2.14 bits per heavy atom. The maximum Gasteiger partial charge on any atom is 0.239 e. The maximum atomic E-state index is 12.7. The van der Waals surface area contributed by atoms with Crippen molar-refractivity contribution in [3.63, 3.8) is 0 Å². The molecule has 2 rings (SSSR count). The molecule has 0 saturated carbocycles. The van der Waals surface area contributed by atoms with Gasteiger partial charge in [0.25, 0.3) is 0 Å². The van der Waals surface area contributed by atoms with E-state index in [1.165, 1.54) is 6.42 Å². The molecule has 0 aromatic heterocycles. The summed E-state index contributed by atoms with van der Waals surface area (Å²) in [7, 11) is 2.02. The molecule has 5 nitrogen and oxygen atoms in total. The molecule has 3 atom stereocenters. The maximum absolute atomic E-state index is 12.7. The number of hydrogen-bond donors (Lipinski definition) is 1. The van der Waals surface area contributed by atoms with Crippen LogP contribution in [0.2, 0.25) is 0 Å². The molecule has 1 fully saturated rings. The molecule has 0 aromatic carbocycles. The lowest BCUT2D eigenvalue weighted by Crippen LogP contribution is -2.51. The second kappa shape index (κ2) is 7.77. The van der Waals surface area contributed by atoms with Crippen molar-refractivity contribution in [3.05, 3.63) is 12.2 Å². The van der Waals surface area contributed by atoms with Crippen LogP contribution in [0.4, 0.5) is 0 Å². The lowest BCUT2D eigenvalue weighted by atomic mass is 9.93. The zero-order valence-electron chi connectivity index (χ0n) is 13.8. The number of nitrogens with zero attached hydrogens (tertiary/aromatic N) is 2. The van der Waals surface area contributed by atoms with Gasteiger partial charge in [-0.2, -0.15) is 0 Å². The summed E-state index contributed by atoms with van der Waals surface area (Å²) in [5, 5.41) is 0. The number of nitrogens with two attached hydrogens (primary N) is 1. The molecule has 2 N–H and O–H groups in total. The van der Waals surface area contributed by atoms with E-state index in [4.69, 9.17) is 5.73 Å². The van der Waals surface area contributed by atoms with Crippen LogP contribution in [-0.2, 0) is 9.59 Å². The smallest absolute Gasteiger partial charge is 0.239 e. The van der Waals surface area contributed by atoms with E-state index in [0.717, 1.165) is 38.8 Å². The first-order valence-electron chi connectivity index (χ1n) is 8.42. The highest BCUT2D eigenvalue weighted by atomic mass is 16.2. The van der Waals surface area contributed by atoms with E-state index in [1.807, 2.05) is 18.9 Å². The van der Waals surface area contributed by atoms with Crippen molar-refractivity contribution in [2.24, 2.45) is 17.6 Å². The fraction of sp³-hybridized carbons (Fsp3) is 0.765. The molecule has 5 heteroatoms. The van der Waals surface area contributed by atoms with Gasteiger partial charge in [0.15, 0.2) is 0 Å². The van der Waals surface area contributed by atoms with Crippen molar-refractivity contribution in [2.75, 3.05) is 26.7 Å². The summed E-state index contributed by atoms with van der Waals surface area (Å²) in [5.74, 6) is 0.302. The summed E-state index contributed by atoms with van der Waals surface area (Å²) in [4.78, 5) is 28.0. The minimum Gasteiger partial charge on any atom is -0.369 e. The standard InChI is InChI=1S/C17H29N3O2/c1-13(19(2)11-14-7-4-3-5-8-14)17(22)20-10-6-9-15(12-20)16(18)21/h3-4,13-15H,5-12H2,1-2H3,(H2,18,21). The molecule has 2 amide bonds. The summed E-state index contributed by atoms with van der Waals surface area (Å²) >= 11 is 0. The van der Waals surface area contributed by atoms with Crippen LogP contribution in [0, 0.1) is 11.8 Å². The predicted octanol–water partition coefficient (Wildman–Crippen LogP) is 1.39. The molecule has 0 radical (unpaired) electrons. The Bertz CT molecular complexity index is 436. The number of rotatable bonds is 5. The Balaban J connectivity index is 1.87. The van der Waals surface area contributed by atoms with E-state index >= 15 is 0 Å². The fourth-order valence-corrected chi connectivity index (χ4v) is 3.45. The van der Waals surface area contributed by atoms with Crippen LogP contribution in [-0.4, -0.2) is 54.3 Å². The third-order valence-corrected chi connectivity index (χ3v) is 5.08. The van der Waals surface area contributed by atoms with Gasteiger partial charge in [-0.25, -0.2) is 0 Å².